The molecule has 2 rings (SSSR count). The summed E-state index contributed by atoms with van der Waals surface area (Å²) in [5.74, 6) is 0.546. The summed E-state index contributed by atoms with van der Waals surface area (Å²) in [5, 5.41) is 6.03. The van der Waals surface area contributed by atoms with Crippen LogP contribution in [0.1, 0.15) is 52.2 Å². The number of halogens is 1. The Morgan fingerprint density at radius 2 is 1.54 bits per heavy atom. The van der Waals surface area contributed by atoms with Gasteiger partial charge in [0.15, 0.2) is 0 Å². The lowest BCUT2D eigenvalue weighted by atomic mass is 10.1. The number of carbonyl (C=O) groups is 1. The minimum absolute atomic E-state index is 0.0470. The summed E-state index contributed by atoms with van der Waals surface area (Å²) in [5.41, 5.74) is 15.1. The number of nitrogens with two attached hydrogens (primary N) is 2. The standard InChI is InChI=1S/C26H34FN6OP/c1-6-19(30-24(28)8-3)16-9-11-21(18(27)13-16)32-26(34)33-22-12-10-17(14-23(22)35)20(7-2)31-25(29)15(4)5/h6-7,9-15H,8,35H2,1-5H3,(H2,28,30)(H2,29,31)(H2,32,33,34)/b19-6-,20-7-. The van der Waals surface area contributed by atoms with Crippen LogP contribution in [0, 0.1) is 11.7 Å². The number of nitrogens with one attached hydrogen (secondary N) is 2. The number of hydrogen-bond donors (Lipinski definition) is 4. The van der Waals surface area contributed by atoms with Gasteiger partial charge in [0, 0.05) is 29.2 Å². The van der Waals surface area contributed by atoms with E-state index >= 15 is 0 Å². The van der Waals surface area contributed by atoms with Gasteiger partial charge in [0.1, 0.15) is 11.7 Å². The lowest BCUT2D eigenvalue weighted by Gasteiger charge is -2.13. The molecule has 0 spiro atoms. The first kappa shape index (κ1) is 27.7. The van der Waals surface area contributed by atoms with E-state index in [4.69, 9.17) is 11.5 Å². The summed E-state index contributed by atoms with van der Waals surface area (Å²) in [6.07, 6.45) is 4.22. The molecule has 0 saturated heterocycles. The third kappa shape index (κ3) is 7.76. The van der Waals surface area contributed by atoms with Gasteiger partial charge in [-0.2, -0.15) is 0 Å². The first-order valence-corrected chi connectivity index (χ1v) is 11.9. The Morgan fingerprint density at radius 3 is 2.06 bits per heavy atom. The zero-order chi connectivity index (χ0) is 26.1. The summed E-state index contributed by atoms with van der Waals surface area (Å²) in [7, 11) is 2.59. The van der Waals surface area contributed by atoms with E-state index in [1.807, 2.05) is 45.9 Å². The van der Waals surface area contributed by atoms with Crippen LogP contribution in [-0.2, 0) is 0 Å². The van der Waals surface area contributed by atoms with Crippen molar-refractivity contribution < 1.29 is 9.18 Å². The molecule has 186 valence electrons. The molecule has 2 aromatic carbocycles. The van der Waals surface area contributed by atoms with E-state index in [2.05, 4.69) is 29.9 Å². The van der Waals surface area contributed by atoms with Crippen LogP contribution in [-0.4, -0.2) is 17.7 Å². The molecule has 0 aliphatic rings. The van der Waals surface area contributed by atoms with E-state index in [0.29, 0.717) is 35.0 Å². The van der Waals surface area contributed by atoms with Crippen LogP contribution in [0.5, 0.6) is 0 Å². The van der Waals surface area contributed by atoms with Crippen LogP contribution in [0.25, 0.3) is 11.4 Å². The molecular weight excluding hydrogens is 462 g/mol. The Morgan fingerprint density at radius 1 is 1.00 bits per heavy atom. The van der Waals surface area contributed by atoms with Crippen molar-refractivity contribution in [2.45, 2.75) is 41.0 Å². The van der Waals surface area contributed by atoms with Crippen LogP contribution in [0.4, 0.5) is 20.6 Å². The maximum atomic E-state index is 14.7. The number of rotatable bonds is 8. The van der Waals surface area contributed by atoms with Gasteiger partial charge in [-0.3, -0.25) is 0 Å². The van der Waals surface area contributed by atoms with Gasteiger partial charge in [0.25, 0.3) is 0 Å². The van der Waals surface area contributed by atoms with Crippen LogP contribution in [0.15, 0.2) is 58.5 Å². The van der Waals surface area contributed by atoms with Crippen LogP contribution in [0.2, 0.25) is 0 Å². The summed E-state index contributed by atoms with van der Waals surface area (Å²) < 4.78 is 14.7. The Hall–Kier alpha value is -3.51. The van der Waals surface area contributed by atoms with Gasteiger partial charge in [-0.1, -0.05) is 45.1 Å². The van der Waals surface area contributed by atoms with Gasteiger partial charge in [-0.05, 0) is 43.4 Å². The van der Waals surface area contributed by atoms with Crippen molar-refractivity contribution in [3.63, 3.8) is 0 Å². The molecule has 0 aromatic heterocycles. The van der Waals surface area contributed by atoms with Crippen molar-refractivity contribution in [3.8, 4) is 0 Å². The van der Waals surface area contributed by atoms with Crippen molar-refractivity contribution in [3.05, 3.63) is 65.5 Å². The number of aliphatic imine (C=N–C) groups is 2. The zero-order valence-corrected chi connectivity index (χ0v) is 22.0. The summed E-state index contributed by atoms with van der Waals surface area (Å²) in [4.78, 5) is 21.3. The Balaban J connectivity index is 2.16. The predicted molar refractivity (Wildman–Crippen MR) is 151 cm³/mol. The molecule has 2 aromatic rings. The van der Waals surface area contributed by atoms with E-state index in [1.54, 1.807) is 25.1 Å². The zero-order valence-electron chi connectivity index (χ0n) is 20.8. The lowest BCUT2D eigenvalue weighted by molar-refractivity contribution is 0.262. The molecule has 7 nitrogen and oxygen atoms in total. The lowest BCUT2D eigenvalue weighted by Crippen LogP contribution is -2.22. The molecule has 6 N–H and O–H groups in total. The Bertz CT molecular complexity index is 1200. The molecule has 1 unspecified atom stereocenters. The van der Waals surface area contributed by atoms with Crippen molar-refractivity contribution in [1.82, 2.24) is 0 Å². The number of hydrogen-bond acceptors (Lipinski definition) is 3. The topological polar surface area (TPSA) is 118 Å². The van der Waals surface area contributed by atoms with Gasteiger partial charge in [-0.25, -0.2) is 19.2 Å². The second-order valence-corrected chi connectivity index (χ2v) is 8.69. The normalized spacial score (nSPS) is 13.3. The van der Waals surface area contributed by atoms with E-state index in [0.717, 1.165) is 16.6 Å². The fourth-order valence-electron chi connectivity index (χ4n) is 2.98. The summed E-state index contributed by atoms with van der Waals surface area (Å²) >= 11 is 0. The van der Waals surface area contributed by atoms with Crippen LogP contribution >= 0.6 is 9.24 Å². The second-order valence-electron chi connectivity index (χ2n) is 8.07. The molecule has 0 bridgehead atoms. The molecule has 0 aliphatic carbocycles. The number of allylic oxidation sites excluding steroid dienone is 2. The first-order chi connectivity index (χ1) is 16.6. The Kier molecular flexibility index (Phi) is 10.2. The number of nitrogens with zero attached hydrogens (tertiary/aromatic N) is 2. The summed E-state index contributed by atoms with van der Waals surface area (Å²) in [6.45, 7) is 9.53. The summed E-state index contributed by atoms with van der Waals surface area (Å²) in [6, 6.07) is 9.39. The number of urea groups is 1. The molecule has 0 radical (unpaired) electrons. The van der Waals surface area contributed by atoms with Crippen LogP contribution in [0.3, 0.4) is 0 Å². The van der Waals surface area contributed by atoms with Gasteiger partial charge >= 0.3 is 6.03 Å². The van der Waals surface area contributed by atoms with Crippen molar-refractivity contribution in [2.75, 3.05) is 10.6 Å². The number of anilines is 2. The molecule has 0 heterocycles. The fraction of sp³-hybridized carbons (Fsp3) is 0.269. The highest BCUT2D eigenvalue weighted by molar-refractivity contribution is 7.28. The highest BCUT2D eigenvalue weighted by Crippen LogP contribution is 2.23. The molecular formula is C26H34FN6OP. The molecule has 1 atom stereocenters. The number of amidine groups is 2. The van der Waals surface area contributed by atoms with Crippen LogP contribution < -0.4 is 27.4 Å². The van der Waals surface area contributed by atoms with Gasteiger partial charge < -0.3 is 22.1 Å². The number of carbonyl (C=O) groups excluding carboxylic acids is 1. The minimum atomic E-state index is -0.581. The van der Waals surface area contributed by atoms with Crippen molar-refractivity contribution >= 4 is 55.0 Å². The quantitative estimate of drug-likeness (QED) is 0.220. The molecule has 0 saturated carbocycles. The highest BCUT2D eigenvalue weighted by atomic mass is 31.0. The third-order valence-corrected chi connectivity index (χ3v) is 5.60. The van der Waals surface area contributed by atoms with Gasteiger partial charge in [0.2, 0.25) is 0 Å². The van der Waals surface area contributed by atoms with Crippen molar-refractivity contribution in [2.24, 2.45) is 27.4 Å². The van der Waals surface area contributed by atoms with Gasteiger partial charge in [-0.15, -0.1) is 9.24 Å². The smallest absolute Gasteiger partial charge is 0.323 e. The predicted octanol–water partition coefficient (Wildman–Crippen LogP) is 5.47. The molecule has 35 heavy (non-hydrogen) atoms. The van der Waals surface area contributed by atoms with E-state index in [9.17, 15) is 9.18 Å². The number of amides is 2. The van der Waals surface area contributed by atoms with E-state index in [-0.39, 0.29) is 11.6 Å². The largest absolute Gasteiger partial charge is 0.387 e. The monoisotopic (exact) mass is 496 g/mol. The third-order valence-electron chi connectivity index (χ3n) is 5.12. The minimum Gasteiger partial charge on any atom is -0.387 e. The molecule has 0 aliphatic heterocycles. The number of benzene rings is 2. The van der Waals surface area contributed by atoms with Crippen molar-refractivity contribution in [1.29, 1.82) is 0 Å². The van der Waals surface area contributed by atoms with E-state index < -0.39 is 11.8 Å². The molecule has 2 amide bonds. The average molecular weight is 497 g/mol. The SMILES string of the molecule is C/C=C(\N=C(N)CC)c1ccc(NC(=O)Nc2ccc(/C(=C/C)N=C(N)C(C)C)cc2P)c(F)c1. The first-order valence-electron chi connectivity index (χ1n) is 11.4. The van der Waals surface area contributed by atoms with E-state index in [1.165, 1.54) is 12.1 Å². The fourth-order valence-corrected chi connectivity index (χ4v) is 3.33. The molecule has 9 heteroatoms. The average Bonchev–Trinajstić information content (AvgIpc) is 2.83. The highest BCUT2D eigenvalue weighted by Gasteiger charge is 2.12. The van der Waals surface area contributed by atoms with Gasteiger partial charge in [0.05, 0.1) is 22.9 Å². The molecule has 0 fully saturated rings. The second kappa shape index (κ2) is 12.8. The Labute approximate surface area is 208 Å². The maximum Gasteiger partial charge on any atom is 0.323 e. The maximum absolute atomic E-state index is 14.7.